The van der Waals surface area contributed by atoms with Gasteiger partial charge in [-0.3, -0.25) is 4.79 Å². The van der Waals surface area contributed by atoms with Crippen LogP contribution < -0.4 is 5.73 Å². The molecular weight excluding hydrogens is 238 g/mol. The molecule has 17 heavy (non-hydrogen) atoms. The largest absolute Gasteiger partial charge is 0.378 e. The van der Waals surface area contributed by atoms with Gasteiger partial charge >= 0.3 is 0 Å². The van der Waals surface area contributed by atoms with E-state index in [0.717, 1.165) is 22.0 Å². The number of hydrogen-bond donors (Lipinski definition) is 1. The number of carbonyl (C=O) groups excluding carboxylic acids is 1. The summed E-state index contributed by atoms with van der Waals surface area (Å²) >= 11 is 1.46. The fourth-order valence-electron chi connectivity index (χ4n) is 1.79. The van der Waals surface area contributed by atoms with Gasteiger partial charge in [-0.2, -0.15) is 0 Å². The Labute approximate surface area is 105 Å². The first kappa shape index (κ1) is 12.5. The van der Waals surface area contributed by atoms with E-state index in [2.05, 4.69) is 4.98 Å². The molecule has 1 aromatic rings. The lowest BCUT2D eigenvalue weighted by atomic mass is 10.3. The third-order valence-corrected chi connectivity index (χ3v) is 3.90. The zero-order chi connectivity index (χ0) is 12.3. The van der Waals surface area contributed by atoms with Crippen molar-refractivity contribution in [3.63, 3.8) is 0 Å². The molecule has 0 aliphatic carbocycles. The minimum Gasteiger partial charge on any atom is -0.378 e. The van der Waals surface area contributed by atoms with Crippen LogP contribution >= 0.6 is 11.3 Å². The molecule has 0 spiro atoms. The molecule has 0 atom stereocenters. The van der Waals surface area contributed by atoms with Gasteiger partial charge in [0.05, 0.1) is 23.9 Å². The topological polar surface area (TPSA) is 68.5 Å². The van der Waals surface area contributed by atoms with E-state index in [0.29, 0.717) is 32.8 Å². The van der Waals surface area contributed by atoms with Crippen LogP contribution in [0.2, 0.25) is 0 Å². The molecule has 6 heteroatoms. The van der Waals surface area contributed by atoms with E-state index in [1.54, 1.807) is 0 Å². The Balaban J connectivity index is 2.12. The predicted molar refractivity (Wildman–Crippen MR) is 66.3 cm³/mol. The van der Waals surface area contributed by atoms with Gasteiger partial charge in [-0.05, 0) is 13.5 Å². The summed E-state index contributed by atoms with van der Waals surface area (Å²) in [7, 11) is 0. The second kappa shape index (κ2) is 5.57. The molecule has 1 aromatic heterocycles. The van der Waals surface area contributed by atoms with E-state index in [9.17, 15) is 4.79 Å². The van der Waals surface area contributed by atoms with Crippen LogP contribution in [-0.4, -0.2) is 48.6 Å². The van der Waals surface area contributed by atoms with Crippen LogP contribution in [0, 0.1) is 6.92 Å². The van der Waals surface area contributed by atoms with Crippen LogP contribution in [0.3, 0.4) is 0 Å². The fourth-order valence-corrected chi connectivity index (χ4v) is 2.84. The summed E-state index contributed by atoms with van der Waals surface area (Å²) in [6.07, 6.45) is 0.738. The molecule has 1 fully saturated rings. The van der Waals surface area contributed by atoms with E-state index in [4.69, 9.17) is 10.5 Å². The molecule has 0 aromatic carbocycles. The van der Waals surface area contributed by atoms with Crippen molar-refractivity contribution in [1.29, 1.82) is 0 Å². The fraction of sp³-hybridized carbons (Fsp3) is 0.636. The van der Waals surface area contributed by atoms with Crippen molar-refractivity contribution in [2.24, 2.45) is 5.73 Å². The quantitative estimate of drug-likeness (QED) is 0.850. The molecule has 0 saturated carbocycles. The van der Waals surface area contributed by atoms with Crippen molar-refractivity contribution in [2.45, 2.75) is 13.3 Å². The van der Waals surface area contributed by atoms with Gasteiger partial charge in [0.1, 0.15) is 4.88 Å². The normalized spacial score (nSPS) is 16.2. The van der Waals surface area contributed by atoms with E-state index >= 15 is 0 Å². The van der Waals surface area contributed by atoms with Crippen molar-refractivity contribution < 1.29 is 9.53 Å². The van der Waals surface area contributed by atoms with E-state index < -0.39 is 0 Å². The average Bonchev–Trinajstić information content (AvgIpc) is 2.71. The monoisotopic (exact) mass is 255 g/mol. The number of nitrogens with two attached hydrogens (primary N) is 1. The van der Waals surface area contributed by atoms with Crippen LogP contribution in [-0.2, 0) is 11.2 Å². The third kappa shape index (κ3) is 2.83. The molecule has 1 amide bonds. The lowest BCUT2D eigenvalue weighted by Crippen LogP contribution is -2.40. The smallest absolute Gasteiger partial charge is 0.266 e. The molecule has 2 rings (SSSR count). The van der Waals surface area contributed by atoms with Crippen molar-refractivity contribution in [1.82, 2.24) is 9.88 Å². The third-order valence-electron chi connectivity index (χ3n) is 2.69. The van der Waals surface area contributed by atoms with Crippen molar-refractivity contribution in [3.05, 3.63) is 15.6 Å². The summed E-state index contributed by atoms with van der Waals surface area (Å²) in [5.41, 5.74) is 6.31. The summed E-state index contributed by atoms with van der Waals surface area (Å²) in [5.74, 6) is 0.0755. The molecule has 1 aliphatic rings. The number of thiazole rings is 1. The molecule has 5 nitrogen and oxygen atoms in total. The Morgan fingerprint density at radius 1 is 1.53 bits per heavy atom. The van der Waals surface area contributed by atoms with Gasteiger partial charge in [-0.15, -0.1) is 11.3 Å². The maximum absolute atomic E-state index is 12.2. The summed E-state index contributed by atoms with van der Waals surface area (Å²) in [6.45, 7) is 5.03. The summed E-state index contributed by atoms with van der Waals surface area (Å²) < 4.78 is 5.24. The van der Waals surface area contributed by atoms with Crippen molar-refractivity contribution in [3.8, 4) is 0 Å². The molecule has 1 saturated heterocycles. The highest BCUT2D eigenvalue weighted by molar-refractivity contribution is 7.13. The van der Waals surface area contributed by atoms with Gasteiger partial charge < -0.3 is 15.4 Å². The Bertz CT molecular complexity index is 399. The summed E-state index contributed by atoms with van der Waals surface area (Å²) in [5, 5.41) is 0.946. The number of ether oxygens (including phenoxy) is 1. The predicted octanol–water partition coefficient (Wildman–Crippen LogP) is 0.425. The lowest BCUT2D eigenvalue weighted by molar-refractivity contribution is 0.0305. The molecule has 2 heterocycles. The molecule has 0 unspecified atom stereocenters. The second-order valence-corrected chi connectivity index (χ2v) is 5.05. The second-order valence-electron chi connectivity index (χ2n) is 3.97. The first-order chi connectivity index (χ1) is 8.22. The van der Waals surface area contributed by atoms with Gasteiger partial charge in [-0.1, -0.05) is 0 Å². The Kier molecular flexibility index (Phi) is 4.09. The van der Waals surface area contributed by atoms with Crippen LogP contribution in [0.15, 0.2) is 0 Å². The SMILES string of the molecule is Cc1nc(CCN)sc1C(=O)N1CCOCC1. The van der Waals surface area contributed by atoms with Gasteiger partial charge in [-0.25, -0.2) is 4.98 Å². The Morgan fingerprint density at radius 2 is 2.24 bits per heavy atom. The number of aryl methyl sites for hydroxylation is 1. The summed E-state index contributed by atoms with van der Waals surface area (Å²) in [4.78, 5) is 19.2. The van der Waals surface area contributed by atoms with E-state index in [1.807, 2.05) is 11.8 Å². The summed E-state index contributed by atoms with van der Waals surface area (Å²) in [6, 6.07) is 0. The molecule has 1 aliphatic heterocycles. The Hall–Kier alpha value is -0.980. The zero-order valence-corrected chi connectivity index (χ0v) is 10.8. The number of hydrogen-bond acceptors (Lipinski definition) is 5. The molecule has 0 bridgehead atoms. The van der Waals surface area contributed by atoms with Gasteiger partial charge in [0.25, 0.3) is 5.91 Å². The van der Waals surface area contributed by atoms with Crippen molar-refractivity contribution >= 4 is 17.2 Å². The van der Waals surface area contributed by atoms with Crippen LogP contribution in [0.1, 0.15) is 20.4 Å². The van der Waals surface area contributed by atoms with Crippen LogP contribution in [0.4, 0.5) is 0 Å². The van der Waals surface area contributed by atoms with E-state index in [-0.39, 0.29) is 5.91 Å². The van der Waals surface area contributed by atoms with E-state index in [1.165, 1.54) is 11.3 Å². The first-order valence-electron chi connectivity index (χ1n) is 5.75. The minimum absolute atomic E-state index is 0.0755. The molecule has 94 valence electrons. The maximum Gasteiger partial charge on any atom is 0.266 e. The zero-order valence-electron chi connectivity index (χ0n) is 9.94. The minimum atomic E-state index is 0.0755. The highest BCUT2D eigenvalue weighted by atomic mass is 32.1. The molecule has 0 radical (unpaired) electrons. The van der Waals surface area contributed by atoms with Crippen molar-refractivity contribution in [2.75, 3.05) is 32.8 Å². The van der Waals surface area contributed by atoms with Gasteiger partial charge in [0, 0.05) is 19.5 Å². The number of rotatable bonds is 3. The standard InChI is InChI=1S/C11H17N3O2S/c1-8-10(17-9(13-8)2-3-12)11(15)14-4-6-16-7-5-14/h2-7,12H2,1H3. The first-order valence-corrected chi connectivity index (χ1v) is 6.57. The highest BCUT2D eigenvalue weighted by Crippen LogP contribution is 2.20. The number of morpholine rings is 1. The molecule has 2 N–H and O–H groups in total. The van der Waals surface area contributed by atoms with Crippen LogP contribution in [0.5, 0.6) is 0 Å². The lowest BCUT2D eigenvalue weighted by Gasteiger charge is -2.26. The maximum atomic E-state index is 12.2. The number of aromatic nitrogens is 1. The highest BCUT2D eigenvalue weighted by Gasteiger charge is 2.22. The Morgan fingerprint density at radius 3 is 2.88 bits per heavy atom. The average molecular weight is 255 g/mol. The van der Waals surface area contributed by atoms with Crippen LogP contribution in [0.25, 0.3) is 0 Å². The van der Waals surface area contributed by atoms with Gasteiger partial charge in [0.2, 0.25) is 0 Å². The van der Waals surface area contributed by atoms with Gasteiger partial charge in [0.15, 0.2) is 0 Å². The number of carbonyl (C=O) groups is 1. The number of nitrogens with zero attached hydrogens (tertiary/aromatic N) is 2. The molecular formula is C11H17N3O2S. The number of amides is 1.